The average molecular weight is 433 g/mol. The molecular weight excluding hydrogens is 404 g/mol. The van der Waals surface area contributed by atoms with Crippen LogP contribution in [0.1, 0.15) is 47.4 Å². The van der Waals surface area contributed by atoms with Crippen molar-refractivity contribution >= 4 is 22.6 Å². The second-order valence-corrected chi connectivity index (χ2v) is 8.83. The van der Waals surface area contributed by atoms with Crippen LogP contribution in [0, 0.1) is 6.92 Å². The maximum Gasteiger partial charge on any atom is 0.270 e. The van der Waals surface area contributed by atoms with Crippen LogP contribution < -0.4 is 15.8 Å². The molecule has 1 amide bonds. The molecule has 8 nitrogen and oxygen atoms in total. The first-order chi connectivity index (χ1) is 15.5. The van der Waals surface area contributed by atoms with Crippen LogP contribution in [0.5, 0.6) is 0 Å². The predicted octanol–water partition coefficient (Wildman–Crippen LogP) is 2.40. The Bertz CT molecular complexity index is 1190. The van der Waals surface area contributed by atoms with E-state index in [4.69, 9.17) is 0 Å². The Kier molecular flexibility index (Phi) is 5.38. The van der Waals surface area contributed by atoms with Crippen molar-refractivity contribution in [2.75, 3.05) is 31.1 Å². The summed E-state index contributed by atoms with van der Waals surface area (Å²) in [7, 11) is 0. The smallest absolute Gasteiger partial charge is 0.270 e. The van der Waals surface area contributed by atoms with Gasteiger partial charge in [0.2, 0.25) is 0 Å². The van der Waals surface area contributed by atoms with E-state index >= 15 is 0 Å². The van der Waals surface area contributed by atoms with Crippen LogP contribution in [0.15, 0.2) is 41.5 Å². The van der Waals surface area contributed by atoms with Crippen LogP contribution >= 0.6 is 0 Å². The maximum atomic E-state index is 12.1. The summed E-state index contributed by atoms with van der Waals surface area (Å²) in [5.41, 5.74) is 4.81. The number of pyridine rings is 3. The number of nitrogens with zero attached hydrogens (tertiary/aromatic N) is 4. The highest BCUT2D eigenvalue weighted by molar-refractivity contribution is 5.92. The van der Waals surface area contributed by atoms with E-state index in [1.54, 1.807) is 13.1 Å². The lowest BCUT2D eigenvalue weighted by molar-refractivity contribution is 0.0946. The lowest BCUT2D eigenvalue weighted by Crippen LogP contribution is -2.47. The van der Waals surface area contributed by atoms with Crippen molar-refractivity contribution < 1.29 is 4.79 Å². The largest absolute Gasteiger partial charge is 0.368 e. The van der Waals surface area contributed by atoms with Gasteiger partial charge in [-0.15, -0.1) is 0 Å². The van der Waals surface area contributed by atoms with Gasteiger partial charge in [0, 0.05) is 50.0 Å². The number of amides is 1. The number of hydrogen-bond donors (Lipinski definition) is 2. The Labute approximate surface area is 186 Å². The number of carbonyl (C=O) groups excluding carboxylic acids is 1. The summed E-state index contributed by atoms with van der Waals surface area (Å²) in [6.45, 7) is 7.57. The molecule has 32 heavy (non-hydrogen) atoms. The zero-order valence-corrected chi connectivity index (χ0v) is 18.5. The first-order valence-electron chi connectivity index (χ1n) is 11.2. The van der Waals surface area contributed by atoms with E-state index in [-0.39, 0.29) is 17.5 Å². The number of nitrogens with one attached hydrogen (secondary N) is 2. The molecule has 1 atom stereocenters. The lowest BCUT2D eigenvalue weighted by Gasteiger charge is -2.39. The fraction of sp³-hybridized carbons (Fsp3) is 0.417. The van der Waals surface area contributed by atoms with E-state index in [0.717, 1.165) is 61.3 Å². The molecule has 2 N–H and O–H groups in total. The number of rotatable bonds is 5. The Hall–Kier alpha value is -3.26. The van der Waals surface area contributed by atoms with Gasteiger partial charge in [-0.1, -0.05) is 0 Å². The van der Waals surface area contributed by atoms with Crippen molar-refractivity contribution in [2.24, 2.45) is 0 Å². The van der Waals surface area contributed by atoms with Gasteiger partial charge in [-0.3, -0.25) is 19.5 Å². The first-order valence-corrected chi connectivity index (χ1v) is 11.2. The zero-order valence-electron chi connectivity index (χ0n) is 18.5. The molecule has 166 valence electrons. The Morgan fingerprint density at radius 2 is 1.91 bits per heavy atom. The molecule has 1 saturated carbocycles. The monoisotopic (exact) mass is 432 g/mol. The highest BCUT2D eigenvalue weighted by atomic mass is 16.2. The van der Waals surface area contributed by atoms with Crippen molar-refractivity contribution in [3.63, 3.8) is 0 Å². The zero-order chi connectivity index (χ0) is 22.2. The van der Waals surface area contributed by atoms with Crippen LogP contribution in [-0.2, 0) is 0 Å². The van der Waals surface area contributed by atoms with Gasteiger partial charge in [0.05, 0.1) is 22.9 Å². The van der Waals surface area contributed by atoms with E-state index in [0.29, 0.717) is 17.3 Å². The van der Waals surface area contributed by atoms with Crippen molar-refractivity contribution in [3.8, 4) is 0 Å². The summed E-state index contributed by atoms with van der Waals surface area (Å²) in [5.74, 6) is -0.0850. The third-order valence-electron chi connectivity index (χ3n) is 6.50. The highest BCUT2D eigenvalue weighted by Crippen LogP contribution is 2.25. The second-order valence-electron chi connectivity index (χ2n) is 8.83. The molecule has 0 bridgehead atoms. The highest BCUT2D eigenvalue weighted by Gasteiger charge is 2.25. The summed E-state index contributed by atoms with van der Waals surface area (Å²) in [6, 6.07) is 8.20. The molecule has 0 spiro atoms. The third-order valence-corrected chi connectivity index (χ3v) is 6.50. The van der Waals surface area contributed by atoms with Gasteiger partial charge < -0.3 is 15.2 Å². The summed E-state index contributed by atoms with van der Waals surface area (Å²) in [5, 5.41) is 2.97. The normalized spacial score (nSPS) is 18.0. The molecule has 0 radical (unpaired) electrons. The standard InChI is InChI=1S/C24H28N6O2/c1-15-11-21-22(28-23(15)31)12-17(13-25-21)16(2)29-7-9-30(10-8-29)19-5-6-20(26-14-19)24(32)27-18-3-4-18/h5-6,11-14,16,18H,3-4,7-10H2,1-2H3,(H,27,32)(H,28,31)/t16-/m0/s1. The minimum Gasteiger partial charge on any atom is -0.368 e. The predicted molar refractivity (Wildman–Crippen MR) is 124 cm³/mol. The fourth-order valence-corrected chi connectivity index (χ4v) is 4.20. The molecule has 1 aliphatic heterocycles. The molecule has 5 rings (SSSR count). The number of carbonyl (C=O) groups is 1. The topological polar surface area (TPSA) is 94.2 Å². The minimum atomic E-state index is -0.0850. The molecule has 1 saturated heterocycles. The van der Waals surface area contributed by atoms with Crippen LogP contribution in [0.3, 0.4) is 0 Å². The molecule has 4 heterocycles. The molecule has 3 aromatic heterocycles. The van der Waals surface area contributed by atoms with Crippen molar-refractivity contribution in [1.82, 2.24) is 25.2 Å². The van der Waals surface area contributed by atoms with E-state index in [1.165, 1.54) is 0 Å². The average Bonchev–Trinajstić information content (AvgIpc) is 3.63. The molecule has 2 fully saturated rings. The molecule has 1 aliphatic carbocycles. The Morgan fingerprint density at radius 3 is 2.59 bits per heavy atom. The summed E-state index contributed by atoms with van der Waals surface area (Å²) < 4.78 is 0. The molecule has 3 aromatic rings. The van der Waals surface area contributed by atoms with E-state index in [2.05, 4.69) is 37.0 Å². The first kappa shape index (κ1) is 20.6. The van der Waals surface area contributed by atoms with Crippen LogP contribution in [-0.4, -0.2) is 58.0 Å². The summed E-state index contributed by atoms with van der Waals surface area (Å²) >= 11 is 0. The third kappa shape index (κ3) is 4.23. The van der Waals surface area contributed by atoms with Crippen molar-refractivity contribution in [3.05, 3.63) is 63.8 Å². The van der Waals surface area contributed by atoms with Gasteiger partial charge >= 0.3 is 0 Å². The van der Waals surface area contributed by atoms with Gasteiger partial charge in [-0.25, -0.2) is 4.98 Å². The van der Waals surface area contributed by atoms with Gasteiger partial charge in [-0.2, -0.15) is 0 Å². The number of aromatic nitrogens is 3. The van der Waals surface area contributed by atoms with Crippen LogP contribution in [0.2, 0.25) is 0 Å². The number of aryl methyl sites for hydroxylation is 1. The van der Waals surface area contributed by atoms with E-state index in [9.17, 15) is 9.59 Å². The Balaban J connectivity index is 1.22. The summed E-state index contributed by atoms with van der Waals surface area (Å²) in [4.78, 5) is 40.7. The number of hydrogen-bond acceptors (Lipinski definition) is 6. The molecule has 0 unspecified atom stereocenters. The molecule has 2 aliphatic rings. The Morgan fingerprint density at radius 1 is 1.12 bits per heavy atom. The fourth-order valence-electron chi connectivity index (χ4n) is 4.20. The van der Waals surface area contributed by atoms with Gasteiger partial charge in [-0.05, 0) is 56.5 Å². The van der Waals surface area contributed by atoms with Crippen molar-refractivity contribution in [2.45, 2.75) is 38.8 Å². The van der Waals surface area contributed by atoms with E-state index in [1.807, 2.05) is 30.5 Å². The van der Waals surface area contributed by atoms with Crippen LogP contribution in [0.4, 0.5) is 5.69 Å². The lowest BCUT2D eigenvalue weighted by atomic mass is 10.1. The maximum absolute atomic E-state index is 12.1. The van der Waals surface area contributed by atoms with Gasteiger partial charge in [0.15, 0.2) is 0 Å². The number of H-pyrrole nitrogens is 1. The minimum absolute atomic E-state index is 0.0673. The SMILES string of the molecule is Cc1cc2ncc([C@H](C)N3CCN(c4ccc(C(=O)NC5CC5)nc4)CC3)cc2[nH]c1=O. The number of piperazine rings is 1. The van der Waals surface area contributed by atoms with Crippen LogP contribution in [0.25, 0.3) is 11.0 Å². The molecule has 8 heteroatoms. The number of aromatic amines is 1. The van der Waals surface area contributed by atoms with E-state index < -0.39 is 0 Å². The number of anilines is 1. The summed E-state index contributed by atoms with van der Waals surface area (Å²) in [6.07, 6.45) is 5.84. The number of fused-ring (bicyclic) bond motifs is 1. The quantitative estimate of drug-likeness (QED) is 0.643. The molecular formula is C24H28N6O2. The van der Waals surface area contributed by atoms with Gasteiger partial charge in [0.25, 0.3) is 11.5 Å². The second kappa shape index (κ2) is 8.35. The van der Waals surface area contributed by atoms with Gasteiger partial charge in [0.1, 0.15) is 5.69 Å². The molecule has 0 aromatic carbocycles. The van der Waals surface area contributed by atoms with Crippen molar-refractivity contribution in [1.29, 1.82) is 0 Å².